The number of rotatable bonds is 15. The monoisotopic (exact) mass is 778 g/mol. The highest BCUT2D eigenvalue weighted by Gasteiger charge is 2.37. The van der Waals surface area contributed by atoms with Gasteiger partial charge in [-0.25, -0.2) is 30.0 Å². The highest BCUT2D eigenvalue weighted by atomic mass is 35.5. The molecule has 7 rings (SSSR count). The Bertz CT molecular complexity index is 1960. The fraction of sp³-hybridized carbons (Fsp3) is 0.395. The summed E-state index contributed by atoms with van der Waals surface area (Å²) in [6.07, 6.45) is 11.3. The van der Waals surface area contributed by atoms with Crippen molar-refractivity contribution in [3.63, 3.8) is 0 Å². The molecule has 5 aromatic rings. The number of likely N-dealkylation sites (tertiary alicyclic amines) is 1. The Kier molecular flexibility index (Phi) is 13.0. The Labute approximate surface area is 334 Å². The second kappa shape index (κ2) is 18.6. The minimum absolute atomic E-state index is 0.0982. The van der Waals surface area contributed by atoms with E-state index in [0.717, 1.165) is 97.7 Å². The number of ether oxygens (including phenoxy) is 4. The lowest BCUT2D eigenvalue weighted by atomic mass is 10.0. The molecule has 0 saturated carbocycles. The van der Waals surface area contributed by atoms with E-state index in [9.17, 15) is 0 Å². The van der Waals surface area contributed by atoms with Crippen molar-refractivity contribution in [2.75, 3.05) is 63.6 Å². The van der Waals surface area contributed by atoms with Crippen molar-refractivity contribution in [2.24, 2.45) is 0 Å². The van der Waals surface area contributed by atoms with Gasteiger partial charge in [0.15, 0.2) is 0 Å². The molecule has 1 N–H and O–H groups in total. The van der Waals surface area contributed by atoms with Crippen LogP contribution in [0, 0.1) is 0 Å². The summed E-state index contributed by atoms with van der Waals surface area (Å²) in [4.78, 5) is 22.6. The highest BCUT2D eigenvalue weighted by molar-refractivity contribution is 6.33. The predicted octanol–water partition coefficient (Wildman–Crippen LogP) is 7.71. The van der Waals surface area contributed by atoms with Crippen molar-refractivity contribution in [1.29, 1.82) is 0 Å². The number of benzene rings is 3. The third-order valence-corrected chi connectivity index (χ3v) is 10.8. The Balaban J connectivity index is 1.20. The molecule has 0 aliphatic carbocycles. The van der Waals surface area contributed by atoms with Crippen molar-refractivity contribution >= 4 is 23.5 Å². The Morgan fingerprint density at radius 1 is 0.643 bits per heavy atom. The maximum Gasteiger partial charge on any atom is 0.244 e. The third kappa shape index (κ3) is 9.09. The van der Waals surface area contributed by atoms with E-state index in [1.807, 2.05) is 99.3 Å². The average molecular weight is 779 g/mol. The third-order valence-electron chi connectivity index (χ3n) is 10.4. The summed E-state index contributed by atoms with van der Waals surface area (Å²) < 4.78 is 22.5. The molecule has 2 fully saturated rings. The maximum absolute atomic E-state index is 6.64. The van der Waals surface area contributed by atoms with Crippen LogP contribution in [0.2, 0.25) is 5.02 Å². The summed E-state index contributed by atoms with van der Waals surface area (Å²) in [5, 5.41) is 8.62. The van der Waals surface area contributed by atoms with Crippen molar-refractivity contribution < 1.29 is 18.9 Å². The molecule has 0 spiro atoms. The zero-order chi connectivity index (χ0) is 38.9. The number of hydrazine groups is 1. The Morgan fingerprint density at radius 2 is 1.07 bits per heavy atom. The minimum Gasteiger partial charge on any atom is -0.497 e. The summed E-state index contributed by atoms with van der Waals surface area (Å²) in [5.74, 6) is 4.18. The van der Waals surface area contributed by atoms with E-state index < -0.39 is 0 Å². The quantitative estimate of drug-likeness (QED) is 0.105. The van der Waals surface area contributed by atoms with Crippen LogP contribution in [-0.2, 0) is 6.54 Å². The Morgan fingerprint density at radius 3 is 1.48 bits per heavy atom. The number of aromatic nitrogens is 4. The fourth-order valence-corrected chi connectivity index (χ4v) is 7.70. The van der Waals surface area contributed by atoms with Crippen LogP contribution in [0.1, 0.15) is 45.1 Å². The first kappa shape index (κ1) is 39.1. The van der Waals surface area contributed by atoms with Crippen molar-refractivity contribution in [2.45, 2.75) is 58.2 Å². The van der Waals surface area contributed by atoms with Crippen molar-refractivity contribution in [3.05, 3.63) is 96.0 Å². The van der Waals surface area contributed by atoms with Gasteiger partial charge in [-0.1, -0.05) is 35.9 Å². The van der Waals surface area contributed by atoms with E-state index in [-0.39, 0.29) is 12.1 Å². The number of methoxy groups -OCH3 is 2. The molecule has 2 saturated heterocycles. The molecule has 294 valence electrons. The van der Waals surface area contributed by atoms with Crippen LogP contribution in [-0.4, -0.2) is 90.5 Å². The number of anilines is 2. The van der Waals surface area contributed by atoms with Crippen LogP contribution in [0.15, 0.2) is 85.5 Å². The molecule has 2 aromatic heterocycles. The smallest absolute Gasteiger partial charge is 0.244 e. The number of hydrogen-bond donors (Lipinski definition) is 1. The lowest BCUT2D eigenvalue weighted by Crippen LogP contribution is -2.59. The number of nitrogens with zero attached hydrogens (tertiary/aromatic N) is 7. The van der Waals surface area contributed by atoms with Gasteiger partial charge in [0.1, 0.15) is 28.0 Å². The molecule has 12 nitrogen and oxygen atoms in total. The van der Waals surface area contributed by atoms with Gasteiger partial charge in [-0.05, 0) is 106 Å². The lowest BCUT2D eigenvalue weighted by molar-refractivity contribution is 0.196. The van der Waals surface area contributed by atoms with Crippen LogP contribution in [0.4, 0.5) is 11.9 Å². The van der Waals surface area contributed by atoms with E-state index >= 15 is 0 Å². The molecule has 13 heteroatoms. The first-order valence-corrected chi connectivity index (χ1v) is 19.9. The summed E-state index contributed by atoms with van der Waals surface area (Å²) in [6, 6.07) is 20.2. The second-order valence-electron chi connectivity index (χ2n) is 14.0. The molecule has 0 atom stereocenters. The van der Waals surface area contributed by atoms with E-state index in [0.29, 0.717) is 41.6 Å². The number of nitrogens with one attached hydrogen (secondary N) is 1. The van der Waals surface area contributed by atoms with Gasteiger partial charge in [-0.15, -0.1) is 0 Å². The normalized spacial score (nSPS) is 15.3. The number of piperidine rings is 2. The standard InChI is InChI=1S/C43H51ClN8O4/c1-5-55-39-23-30(24-40(41(39)44)56-6-2)29-50-21-17-36(18-22-50)52(43-48-27-34(28-49-43)32-9-13-38(54-4)14-10-32)51(35-15-19-45-20-16-35)42-46-25-33(26-47-42)31-7-11-37(53-3)12-8-31/h7-14,23-28,35-36,45H,5-6,15-22,29H2,1-4H3. The highest BCUT2D eigenvalue weighted by Crippen LogP contribution is 2.37. The summed E-state index contributed by atoms with van der Waals surface area (Å²) in [7, 11) is 3.34. The van der Waals surface area contributed by atoms with Crippen molar-refractivity contribution in [3.8, 4) is 45.3 Å². The van der Waals surface area contributed by atoms with Gasteiger partial charge >= 0.3 is 0 Å². The van der Waals surface area contributed by atoms with Gasteiger partial charge in [-0.2, -0.15) is 0 Å². The number of halogens is 1. The molecule has 0 radical (unpaired) electrons. The maximum atomic E-state index is 6.64. The first-order chi connectivity index (χ1) is 27.5. The van der Waals surface area contributed by atoms with Gasteiger partial charge in [0, 0.05) is 55.5 Å². The molecule has 4 heterocycles. The second-order valence-corrected chi connectivity index (χ2v) is 14.3. The van der Waals surface area contributed by atoms with E-state index in [1.54, 1.807) is 14.2 Å². The van der Waals surface area contributed by atoms with Crippen LogP contribution in [0.3, 0.4) is 0 Å². The summed E-state index contributed by atoms with van der Waals surface area (Å²) >= 11 is 6.64. The van der Waals surface area contributed by atoms with E-state index in [2.05, 4.69) is 20.2 Å². The van der Waals surface area contributed by atoms with Crippen LogP contribution >= 0.6 is 11.6 Å². The van der Waals surface area contributed by atoms with Crippen LogP contribution in [0.5, 0.6) is 23.0 Å². The number of hydrogen-bond acceptors (Lipinski definition) is 12. The lowest BCUT2D eigenvalue weighted by Gasteiger charge is -2.47. The topological polar surface area (TPSA) is 110 Å². The van der Waals surface area contributed by atoms with Crippen molar-refractivity contribution in [1.82, 2.24) is 30.2 Å². The SMILES string of the molecule is CCOc1cc(CN2CCC(N(c3ncc(-c4ccc(OC)cc4)cn3)N(c3ncc(-c4ccc(OC)cc4)cn3)C3CCNCC3)CC2)cc(OCC)c1Cl. The zero-order valence-corrected chi connectivity index (χ0v) is 33.4. The molecule has 56 heavy (non-hydrogen) atoms. The van der Waals surface area contributed by atoms with E-state index in [1.165, 1.54) is 0 Å². The van der Waals surface area contributed by atoms with Gasteiger partial charge in [0.2, 0.25) is 11.9 Å². The molecule has 3 aromatic carbocycles. The van der Waals surface area contributed by atoms with Gasteiger partial charge in [0.05, 0.1) is 39.5 Å². The average Bonchev–Trinajstić information content (AvgIpc) is 3.25. The largest absolute Gasteiger partial charge is 0.497 e. The molecule has 0 amide bonds. The fourth-order valence-electron chi connectivity index (χ4n) is 7.49. The summed E-state index contributed by atoms with van der Waals surface area (Å²) in [5.41, 5.74) is 5.02. The molecular formula is C43H51ClN8O4. The zero-order valence-electron chi connectivity index (χ0n) is 32.7. The molecular weight excluding hydrogens is 728 g/mol. The summed E-state index contributed by atoms with van der Waals surface area (Å²) in [6.45, 7) is 9.30. The predicted molar refractivity (Wildman–Crippen MR) is 221 cm³/mol. The van der Waals surface area contributed by atoms with Crippen LogP contribution in [0.25, 0.3) is 22.3 Å². The molecule has 0 bridgehead atoms. The minimum atomic E-state index is 0.0982. The van der Waals surface area contributed by atoms with Crippen LogP contribution < -0.4 is 34.3 Å². The molecule has 2 aliphatic rings. The van der Waals surface area contributed by atoms with Gasteiger partial charge in [0.25, 0.3) is 0 Å². The first-order valence-electron chi connectivity index (χ1n) is 19.5. The van der Waals surface area contributed by atoms with Gasteiger partial charge < -0.3 is 24.3 Å². The van der Waals surface area contributed by atoms with E-state index in [4.69, 9.17) is 50.5 Å². The molecule has 0 unspecified atom stereocenters. The Hall–Kier alpha value is -5.17. The van der Waals surface area contributed by atoms with Gasteiger partial charge in [-0.3, -0.25) is 4.90 Å². The molecule has 2 aliphatic heterocycles.